The van der Waals surface area contributed by atoms with Crippen molar-refractivity contribution in [3.63, 3.8) is 0 Å². The van der Waals surface area contributed by atoms with Crippen molar-refractivity contribution in [2.24, 2.45) is 0 Å². The number of anilines is 1. The van der Waals surface area contributed by atoms with Gasteiger partial charge in [0.05, 0.1) is 13.4 Å². The van der Waals surface area contributed by atoms with Gasteiger partial charge in [-0.1, -0.05) is 36.8 Å². The van der Waals surface area contributed by atoms with E-state index >= 15 is 0 Å². The molecule has 1 aliphatic heterocycles. The number of carbonyl (C=O) groups excluding carboxylic acids is 1. The van der Waals surface area contributed by atoms with E-state index in [1.165, 1.54) is 4.31 Å². The molecular formula is C21H26N2O4S. The minimum Gasteiger partial charge on any atom is -0.496 e. The highest BCUT2D eigenvalue weighted by Crippen LogP contribution is 2.27. The molecule has 1 unspecified atom stereocenters. The van der Waals surface area contributed by atoms with Gasteiger partial charge in [0.15, 0.2) is 0 Å². The lowest BCUT2D eigenvalue weighted by atomic mass is 10.0. The molecule has 1 N–H and O–H groups in total. The molecule has 6 nitrogen and oxygen atoms in total. The number of nitrogens with one attached hydrogen (secondary N) is 1. The van der Waals surface area contributed by atoms with Crippen molar-refractivity contribution in [2.45, 2.75) is 31.7 Å². The van der Waals surface area contributed by atoms with Crippen LogP contribution in [0.4, 0.5) is 5.69 Å². The smallest absolute Gasteiger partial charge is 0.242 e. The van der Waals surface area contributed by atoms with Crippen LogP contribution >= 0.6 is 0 Å². The Balaban J connectivity index is 1.80. The molecule has 1 heterocycles. The van der Waals surface area contributed by atoms with E-state index in [1.807, 2.05) is 42.5 Å². The van der Waals surface area contributed by atoms with E-state index in [-0.39, 0.29) is 5.91 Å². The van der Waals surface area contributed by atoms with E-state index < -0.39 is 16.1 Å². The fourth-order valence-corrected chi connectivity index (χ4v) is 4.72. The molecule has 3 rings (SSSR count). The molecule has 28 heavy (non-hydrogen) atoms. The van der Waals surface area contributed by atoms with Crippen LogP contribution < -0.4 is 10.1 Å². The molecule has 0 bridgehead atoms. The van der Waals surface area contributed by atoms with Crippen LogP contribution in [0.2, 0.25) is 0 Å². The second kappa shape index (κ2) is 8.75. The minimum absolute atomic E-state index is 0.291. The van der Waals surface area contributed by atoms with Crippen molar-refractivity contribution in [3.05, 3.63) is 59.7 Å². The van der Waals surface area contributed by atoms with Crippen molar-refractivity contribution >= 4 is 21.6 Å². The third-order valence-corrected chi connectivity index (χ3v) is 6.26. The highest BCUT2D eigenvalue weighted by molar-refractivity contribution is 7.88. The van der Waals surface area contributed by atoms with E-state index in [1.54, 1.807) is 13.2 Å². The van der Waals surface area contributed by atoms with Crippen molar-refractivity contribution in [3.8, 4) is 5.75 Å². The third-order valence-electron chi connectivity index (χ3n) is 4.97. The number of ether oxygens (including phenoxy) is 1. The van der Waals surface area contributed by atoms with Crippen molar-refractivity contribution in [1.29, 1.82) is 0 Å². The van der Waals surface area contributed by atoms with Crippen LogP contribution in [-0.4, -0.2) is 44.6 Å². The Hall–Kier alpha value is -2.38. The first-order chi connectivity index (χ1) is 13.4. The summed E-state index contributed by atoms with van der Waals surface area (Å²) in [6.07, 6.45) is 3.98. The van der Waals surface area contributed by atoms with E-state index in [2.05, 4.69) is 5.32 Å². The zero-order valence-electron chi connectivity index (χ0n) is 16.2. The maximum absolute atomic E-state index is 12.8. The van der Waals surface area contributed by atoms with Crippen LogP contribution in [0.1, 0.15) is 30.4 Å². The van der Waals surface area contributed by atoms with Crippen molar-refractivity contribution in [2.75, 3.05) is 25.2 Å². The molecule has 1 amide bonds. The summed E-state index contributed by atoms with van der Waals surface area (Å²) in [5.74, 6) is 0.457. The zero-order chi connectivity index (χ0) is 20.1. The highest BCUT2D eigenvalue weighted by atomic mass is 32.2. The molecule has 150 valence electrons. The van der Waals surface area contributed by atoms with Crippen LogP contribution in [0, 0.1) is 0 Å². The fourth-order valence-electron chi connectivity index (χ4n) is 3.60. The van der Waals surface area contributed by atoms with Gasteiger partial charge in [-0.2, -0.15) is 4.31 Å². The lowest BCUT2D eigenvalue weighted by Gasteiger charge is -2.32. The summed E-state index contributed by atoms with van der Waals surface area (Å²) < 4.78 is 30.8. The Morgan fingerprint density at radius 1 is 1.18 bits per heavy atom. The maximum atomic E-state index is 12.8. The monoisotopic (exact) mass is 402 g/mol. The normalized spacial score (nSPS) is 17.9. The Bertz CT molecular complexity index is 929. The number of hydrogen-bond donors (Lipinski definition) is 1. The van der Waals surface area contributed by atoms with Gasteiger partial charge in [0.1, 0.15) is 11.8 Å². The van der Waals surface area contributed by atoms with Gasteiger partial charge >= 0.3 is 0 Å². The number of nitrogens with zero attached hydrogens (tertiary/aromatic N) is 1. The topological polar surface area (TPSA) is 75.7 Å². The molecule has 2 aromatic rings. The molecule has 7 heteroatoms. The molecule has 1 fully saturated rings. The summed E-state index contributed by atoms with van der Waals surface area (Å²) in [4.78, 5) is 12.8. The van der Waals surface area contributed by atoms with Gasteiger partial charge in [0.2, 0.25) is 15.9 Å². The standard InChI is InChI=1S/C21H26N2O4S/c1-27-20-12-11-18(15-17(20)14-16-8-4-3-5-9-16)22-21(24)19-10-6-7-13-23(19)28(2,25)26/h3-5,8-9,11-12,15,19H,6-7,10,13-14H2,1-2H3,(H,22,24). The van der Waals surface area contributed by atoms with Crippen LogP contribution in [0.15, 0.2) is 48.5 Å². The van der Waals surface area contributed by atoms with Crippen molar-refractivity contribution < 1.29 is 17.9 Å². The van der Waals surface area contributed by atoms with Gasteiger partial charge in [-0.25, -0.2) is 8.42 Å². The number of carbonyl (C=O) groups is 1. The zero-order valence-corrected chi connectivity index (χ0v) is 17.0. The first-order valence-corrected chi connectivity index (χ1v) is 11.2. The highest BCUT2D eigenvalue weighted by Gasteiger charge is 2.34. The molecule has 1 saturated heterocycles. The summed E-state index contributed by atoms with van der Waals surface area (Å²) in [6, 6.07) is 14.8. The largest absolute Gasteiger partial charge is 0.496 e. The number of benzene rings is 2. The number of sulfonamides is 1. The Labute approximate surface area is 166 Å². The lowest BCUT2D eigenvalue weighted by Crippen LogP contribution is -2.49. The third kappa shape index (κ3) is 4.91. The summed E-state index contributed by atoms with van der Waals surface area (Å²) in [7, 11) is -1.80. The SMILES string of the molecule is COc1ccc(NC(=O)C2CCCCN2S(C)(=O)=O)cc1Cc1ccccc1. The average Bonchev–Trinajstić information content (AvgIpc) is 2.68. The van der Waals surface area contributed by atoms with Gasteiger partial charge in [0.25, 0.3) is 0 Å². The van der Waals surface area contributed by atoms with E-state index in [0.29, 0.717) is 25.1 Å². The van der Waals surface area contributed by atoms with Crippen LogP contribution in [0.25, 0.3) is 0 Å². The Morgan fingerprint density at radius 2 is 1.93 bits per heavy atom. The van der Waals surface area contributed by atoms with Crippen LogP contribution in [0.3, 0.4) is 0 Å². The van der Waals surface area contributed by atoms with Gasteiger partial charge < -0.3 is 10.1 Å². The Kier molecular flexibility index (Phi) is 6.36. The molecule has 2 aromatic carbocycles. The minimum atomic E-state index is -3.42. The Morgan fingerprint density at radius 3 is 2.61 bits per heavy atom. The predicted molar refractivity (Wildman–Crippen MR) is 110 cm³/mol. The van der Waals surface area contributed by atoms with Gasteiger partial charge in [-0.3, -0.25) is 4.79 Å². The van der Waals surface area contributed by atoms with Crippen LogP contribution in [0.5, 0.6) is 5.75 Å². The first-order valence-electron chi connectivity index (χ1n) is 9.37. The lowest BCUT2D eigenvalue weighted by molar-refractivity contribution is -0.120. The quantitative estimate of drug-likeness (QED) is 0.806. The van der Waals surface area contributed by atoms with E-state index in [4.69, 9.17) is 4.74 Å². The molecule has 0 radical (unpaired) electrons. The second-order valence-corrected chi connectivity index (χ2v) is 9.00. The molecule has 1 aliphatic rings. The fraction of sp³-hybridized carbons (Fsp3) is 0.381. The summed E-state index contributed by atoms with van der Waals surface area (Å²) in [5, 5.41) is 2.89. The number of piperidine rings is 1. The van der Waals surface area contributed by atoms with Gasteiger partial charge in [-0.15, -0.1) is 0 Å². The average molecular weight is 403 g/mol. The number of rotatable bonds is 6. The molecule has 0 spiro atoms. The number of hydrogen-bond acceptors (Lipinski definition) is 4. The molecule has 0 aromatic heterocycles. The summed E-state index contributed by atoms with van der Waals surface area (Å²) in [6.45, 7) is 0.388. The molecule has 1 atom stereocenters. The van der Waals surface area contributed by atoms with Gasteiger partial charge in [0, 0.05) is 24.2 Å². The van der Waals surface area contributed by atoms with Gasteiger partial charge in [-0.05, 0) is 36.6 Å². The maximum Gasteiger partial charge on any atom is 0.242 e. The van der Waals surface area contributed by atoms with Crippen molar-refractivity contribution in [1.82, 2.24) is 4.31 Å². The summed E-state index contributed by atoms with van der Waals surface area (Å²) in [5.41, 5.74) is 2.73. The number of methoxy groups -OCH3 is 1. The number of amides is 1. The second-order valence-electron chi connectivity index (χ2n) is 7.06. The van der Waals surface area contributed by atoms with E-state index in [9.17, 15) is 13.2 Å². The molecular weight excluding hydrogens is 376 g/mol. The summed E-state index contributed by atoms with van der Waals surface area (Å²) >= 11 is 0. The van der Waals surface area contributed by atoms with E-state index in [0.717, 1.165) is 36.0 Å². The first kappa shape index (κ1) is 20.4. The molecule has 0 saturated carbocycles. The predicted octanol–water partition coefficient (Wildman–Crippen LogP) is 3.04. The van der Waals surface area contributed by atoms with Crippen LogP contribution in [-0.2, 0) is 21.2 Å². The molecule has 0 aliphatic carbocycles.